The number of benzene rings is 3. The highest BCUT2D eigenvalue weighted by Crippen LogP contribution is 2.26. The molecule has 0 saturated carbocycles. The standard InChI is InChI=1S/C25H23N3O2/c1-18-13-15-20(16-14-18)24-27-28-25(30-24)21-10-6-11-22(17-21)26-23(29)12-5-9-19-7-3-2-4-8-19/h2-4,6-8,10-11,13-17H,5,9,12H2,1H3,(H,26,29). The van der Waals surface area contributed by atoms with E-state index in [9.17, 15) is 4.79 Å². The second kappa shape index (κ2) is 9.18. The molecule has 0 saturated heterocycles. The highest BCUT2D eigenvalue weighted by Gasteiger charge is 2.11. The molecule has 1 heterocycles. The maximum atomic E-state index is 12.3. The summed E-state index contributed by atoms with van der Waals surface area (Å²) in [6.45, 7) is 2.03. The van der Waals surface area contributed by atoms with Crippen molar-refractivity contribution in [3.8, 4) is 22.9 Å². The van der Waals surface area contributed by atoms with Gasteiger partial charge in [-0.15, -0.1) is 10.2 Å². The number of hydrogen-bond donors (Lipinski definition) is 1. The highest BCUT2D eigenvalue weighted by atomic mass is 16.4. The van der Waals surface area contributed by atoms with Crippen LogP contribution in [0, 0.1) is 6.92 Å². The van der Waals surface area contributed by atoms with Gasteiger partial charge in [-0.3, -0.25) is 4.79 Å². The molecule has 5 nitrogen and oxygen atoms in total. The number of amides is 1. The van der Waals surface area contributed by atoms with E-state index < -0.39 is 0 Å². The molecule has 0 aliphatic rings. The van der Waals surface area contributed by atoms with E-state index in [1.54, 1.807) is 0 Å². The molecular weight excluding hydrogens is 374 g/mol. The molecule has 0 aliphatic carbocycles. The molecule has 0 spiro atoms. The Morgan fingerprint density at radius 1 is 0.867 bits per heavy atom. The minimum Gasteiger partial charge on any atom is -0.416 e. The van der Waals surface area contributed by atoms with Crippen molar-refractivity contribution in [3.63, 3.8) is 0 Å². The third kappa shape index (κ3) is 5.00. The average Bonchev–Trinajstić information content (AvgIpc) is 3.26. The van der Waals surface area contributed by atoms with Crippen LogP contribution in [0.1, 0.15) is 24.0 Å². The lowest BCUT2D eigenvalue weighted by atomic mass is 10.1. The van der Waals surface area contributed by atoms with Crippen molar-refractivity contribution in [3.05, 3.63) is 90.0 Å². The SMILES string of the molecule is Cc1ccc(-c2nnc(-c3cccc(NC(=O)CCCc4ccccc4)c3)o2)cc1. The number of carbonyl (C=O) groups excluding carboxylic acids is 1. The molecule has 3 aromatic carbocycles. The number of rotatable bonds is 7. The summed E-state index contributed by atoms with van der Waals surface area (Å²) in [6, 6.07) is 25.6. The monoisotopic (exact) mass is 397 g/mol. The topological polar surface area (TPSA) is 68.0 Å². The molecule has 0 aliphatic heterocycles. The summed E-state index contributed by atoms with van der Waals surface area (Å²) >= 11 is 0. The Balaban J connectivity index is 1.38. The zero-order valence-corrected chi connectivity index (χ0v) is 16.8. The van der Waals surface area contributed by atoms with Gasteiger partial charge >= 0.3 is 0 Å². The van der Waals surface area contributed by atoms with Gasteiger partial charge in [0.05, 0.1) is 0 Å². The van der Waals surface area contributed by atoms with Crippen molar-refractivity contribution in [1.82, 2.24) is 10.2 Å². The fourth-order valence-electron chi connectivity index (χ4n) is 3.20. The van der Waals surface area contributed by atoms with Crippen LogP contribution in [0.25, 0.3) is 22.9 Å². The maximum Gasteiger partial charge on any atom is 0.248 e. The Hall–Kier alpha value is -3.73. The maximum absolute atomic E-state index is 12.3. The van der Waals surface area contributed by atoms with Gasteiger partial charge in [-0.25, -0.2) is 0 Å². The van der Waals surface area contributed by atoms with Crippen molar-refractivity contribution in [2.24, 2.45) is 0 Å². The van der Waals surface area contributed by atoms with Crippen LogP contribution in [0.15, 0.2) is 83.3 Å². The number of nitrogens with one attached hydrogen (secondary N) is 1. The first-order valence-corrected chi connectivity index (χ1v) is 10.0. The quantitative estimate of drug-likeness (QED) is 0.436. The lowest BCUT2D eigenvalue weighted by molar-refractivity contribution is -0.116. The van der Waals surface area contributed by atoms with Gasteiger partial charge in [-0.2, -0.15) is 0 Å². The molecule has 1 aromatic heterocycles. The van der Waals surface area contributed by atoms with Crippen LogP contribution < -0.4 is 5.32 Å². The molecule has 150 valence electrons. The number of nitrogens with zero attached hydrogens (tertiary/aromatic N) is 2. The zero-order chi connectivity index (χ0) is 20.8. The van der Waals surface area contributed by atoms with E-state index in [0.29, 0.717) is 23.9 Å². The van der Waals surface area contributed by atoms with Crippen LogP contribution in [0.3, 0.4) is 0 Å². The lowest BCUT2D eigenvalue weighted by Crippen LogP contribution is -2.11. The minimum atomic E-state index is -0.00560. The van der Waals surface area contributed by atoms with E-state index in [1.807, 2.05) is 73.7 Å². The van der Waals surface area contributed by atoms with E-state index in [4.69, 9.17) is 4.42 Å². The van der Waals surface area contributed by atoms with Crippen LogP contribution in [-0.4, -0.2) is 16.1 Å². The number of aryl methyl sites for hydroxylation is 2. The van der Waals surface area contributed by atoms with Crippen molar-refractivity contribution < 1.29 is 9.21 Å². The van der Waals surface area contributed by atoms with Gasteiger partial charge in [0.15, 0.2) is 0 Å². The van der Waals surface area contributed by atoms with E-state index in [2.05, 4.69) is 27.6 Å². The largest absolute Gasteiger partial charge is 0.416 e. The molecule has 0 atom stereocenters. The van der Waals surface area contributed by atoms with Gasteiger partial charge in [0.1, 0.15) is 0 Å². The molecule has 0 fully saturated rings. The Kier molecular flexibility index (Phi) is 5.99. The molecular formula is C25H23N3O2. The van der Waals surface area contributed by atoms with E-state index >= 15 is 0 Å². The van der Waals surface area contributed by atoms with E-state index in [0.717, 1.165) is 24.0 Å². The summed E-state index contributed by atoms with van der Waals surface area (Å²) in [7, 11) is 0. The summed E-state index contributed by atoms with van der Waals surface area (Å²) in [4.78, 5) is 12.3. The average molecular weight is 397 g/mol. The van der Waals surface area contributed by atoms with Crippen LogP contribution >= 0.6 is 0 Å². The number of anilines is 1. The molecule has 1 amide bonds. The number of hydrogen-bond acceptors (Lipinski definition) is 4. The predicted molar refractivity (Wildman–Crippen MR) is 118 cm³/mol. The third-order valence-electron chi connectivity index (χ3n) is 4.83. The summed E-state index contributed by atoms with van der Waals surface area (Å²) in [6.07, 6.45) is 2.16. The van der Waals surface area contributed by atoms with Crippen molar-refractivity contribution in [1.29, 1.82) is 0 Å². The van der Waals surface area contributed by atoms with Crippen molar-refractivity contribution in [2.75, 3.05) is 5.32 Å². The van der Waals surface area contributed by atoms with Gasteiger partial charge in [0, 0.05) is 23.2 Å². The van der Waals surface area contributed by atoms with E-state index in [-0.39, 0.29) is 5.91 Å². The first-order chi connectivity index (χ1) is 14.7. The van der Waals surface area contributed by atoms with Gasteiger partial charge in [-0.05, 0) is 55.7 Å². The highest BCUT2D eigenvalue weighted by molar-refractivity contribution is 5.91. The third-order valence-corrected chi connectivity index (χ3v) is 4.83. The second-order valence-corrected chi connectivity index (χ2v) is 7.25. The van der Waals surface area contributed by atoms with Crippen LogP contribution in [-0.2, 0) is 11.2 Å². The number of aromatic nitrogens is 2. The second-order valence-electron chi connectivity index (χ2n) is 7.25. The Bertz CT molecular complexity index is 1120. The zero-order valence-electron chi connectivity index (χ0n) is 16.8. The lowest BCUT2D eigenvalue weighted by Gasteiger charge is -2.06. The van der Waals surface area contributed by atoms with Crippen molar-refractivity contribution >= 4 is 11.6 Å². The minimum absolute atomic E-state index is 0.00560. The van der Waals surface area contributed by atoms with Gasteiger partial charge < -0.3 is 9.73 Å². The molecule has 1 N–H and O–H groups in total. The number of carbonyl (C=O) groups is 1. The fraction of sp³-hybridized carbons (Fsp3) is 0.160. The van der Waals surface area contributed by atoms with Gasteiger partial charge in [-0.1, -0.05) is 54.1 Å². The first kappa shape index (κ1) is 19.6. The summed E-state index contributed by atoms with van der Waals surface area (Å²) in [5.74, 6) is 0.889. The first-order valence-electron chi connectivity index (χ1n) is 10.0. The molecule has 5 heteroatoms. The van der Waals surface area contributed by atoms with Crippen LogP contribution in [0.2, 0.25) is 0 Å². The normalized spacial score (nSPS) is 10.7. The predicted octanol–water partition coefficient (Wildman–Crippen LogP) is 5.67. The molecule has 0 unspecified atom stereocenters. The Morgan fingerprint density at radius 2 is 1.60 bits per heavy atom. The van der Waals surface area contributed by atoms with E-state index in [1.165, 1.54) is 11.1 Å². The van der Waals surface area contributed by atoms with Crippen LogP contribution in [0.5, 0.6) is 0 Å². The molecule has 0 bridgehead atoms. The smallest absolute Gasteiger partial charge is 0.248 e. The molecule has 30 heavy (non-hydrogen) atoms. The molecule has 4 aromatic rings. The Morgan fingerprint density at radius 3 is 2.37 bits per heavy atom. The van der Waals surface area contributed by atoms with Crippen molar-refractivity contribution in [2.45, 2.75) is 26.2 Å². The molecule has 0 radical (unpaired) electrons. The van der Waals surface area contributed by atoms with Gasteiger partial charge in [0.25, 0.3) is 0 Å². The van der Waals surface area contributed by atoms with Gasteiger partial charge in [0.2, 0.25) is 17.7 Å². The molecule has 4 rings (SSSR count). The summed E-state index contributed by atoms with van der Waals surface area (Å²) < 4.78 is 5.83. The fourth-order valence-corrected chi connectivity index (χ4v) is 3.20. The Labute approximate surface area is 175 Å². The summed E-state index contributed by atoms with van der Waals surface area (Å²) in [5, 5.41) is 11.3. The summed E-state index contributed by atoms with van der Waals surface area (Å²) in [5.41, 5.74) is 4.77. The van der Waals surface area contributed by atoms with Crippen LogP contribution in [0.4, 0.5) is 5.69 Å².